The van der Waals surface area contributed by atoms with Crippen LogP contribution < -0.4 is 0 Å². The smallest absolute Gasteiger partial charge is 0.202 e. The molecule has 5 heteroatoms. The second-order valence-corrected chi connectivity index (χ2v) is 1.69. The minimum absolute atomic E-state index is 0.359. The van der Waals surface area contributed by atoms with Gasteiger partial charge in [0.2, 0.25) is 5.82 Å². The third-order valence-corrected chi connectivity index (χ3v) is 1.05. The van der Waals surface area contributed by atoms with E-state index in [9.17, 15) is 0 Å². The van der Waals surface area contributed by atoms with Crippen LogP contribution in [0.25, 0.3) is 0 Å². The summed E-state index contributed by atoms with van der Waals surface area (Å²) < 4.78 is 0. The van der Waals surface area contributed by atoms with Crippen molar-refractivity contribution < 1.29 is 5.11 Å². The molecule has 1 aromatic rings. The van der Waals surface area contributed by atoms with Crippen molar-refractivity contribution in [1.82, 2.24) is 20.6 Å². The first-order chi connectivity index (χ1) is 4.34. The Kier molecular flexibility index (Phi) is 1.74. The van der Waals surface area contributed by atoms with E-state index >= 15 is 0 Å². The molecule has 0 fully saturated rings. The maximum absolute atomic E-state index is 9.03. The van der Waals surface area contributed by atoms with Gasteiger partial charge < -0.3 is 5.11 Å². The van der Waals surface area contributed by atoms with Gasteiger partial charge in [0.15, 0.2) is 0 Å². The van der Waals surface area contributed by atoms with Crippen LogP contribution in [0.3, 0.4) is 0 Å². The van der Waals surface area contributed by atoms with Gasteiger partial charge in [-0.3, -0.25) is 0 Å². The minimum atomic E-state index is -0.580. The molecule has 0 saturated carbocycles. The maximum Gasteiger partial charge on any atom is 0.202 e. The van der Waals surface area contributed by atoms with E-state index in [-0.39, 0.29) is 0 Å². The van der Waals surface area contributed by atoms with Crippen molar-refractivity contribution in [1.29, 1.82) is 0 Å². The monoisotopic (exact) mass is 128 g/mol. The highest BCUT2D eigenvalue weighted by molar-refractivity contribution is 4.81. The van der Waals surface area contributed by atoms with Crippen molar-refractivity contribution in [3.8, 4) is 0 Å². The Morgan fingerprint density at radius 2 is 2.56 bits per heavy atom. The van der Waals surface area contributed by atoms with Crippen molar-refractivity contribution in [2.45, 2.75) is 19.4 Å². The number of hydrogen-bond donors (Lipinski definition) is 2. The normalized spacial score (nSPS) is 13.6. The number of aliphatic hydroxyl groups is 1. The van der Waals surface area contributed by atoms with Crippen LogP contribution in [0, 0.1) is 0 Å². The number of aliphatic hydroxyl groups excluding tert-OH is 1. The molecule has 1 heterocycles. The molecular formula is C4H8N4O. The number of hydrogen-bond acceptors (Lipinski definition) is 4. The molecule has 0 aromatic carbocycles. The van der Waals surface area contributed by atoms with E-state index in [0.717, 1.165) is 0 Å². The second kappa shape index (κ2) is 2.54. The Balaban J connectivity index is 2.65. The molecule has 0 aliphatic heterocycles. The van der Waals surface area contributed by atoms with E-state index in [1.165, 1.54) is 0 Å². The lowest BCUT2D eigenvalue weighted by molar-refractivity contribution is 0.163. The van der Waals surface area contributed by atoms with E-state index in [1.54, 1.807) is 0 Å². The fraction of sp³-hybridized carbons (Fsp3) is 0.750. The van der Waals surface area contributed by atoms with Crippen molar-refractivity contribution in [3.63, 3.8) is 0 Å². The first-order valence-electron chi connectivity index (χ1n) is 2.76. The number of H-pyrrole nitrogens is 1. The Labute approximate surface area is 52.1 Å². The molecule has 0 aliphatic carbocycles. The largest absolute Gasteiger partial charge is 0.385 e. The van der Waals surface area contributed by atoms with Gasteiger partial charge in [-0.2, -0.15) is 5.21 Å². The Bertz CT molecular complexity index is 161. The third kappa shape index (κ3) is 1.23. The predicted octanol–water partition coefficient (Wildman–Crippen LogP) is -0.357. The molecule has 2 N–H and O–H groups in total. The highest BCUT2D eigenvalue weighted by Crippen LogP contribution is 2.07. The standard InChI is InChI=1S/C4H8N4O/c1-2-3(9)4-5-7-8-6-4/h3,9H,2H2,1H3,(H,5,6,7,8). The van der Waals surface area contributed by atoms with Gasteiger partial charge in [-0.15, -0.1) is 10.2 Å². The lowest BCUT2D eigenvalue weighted by Crippen LogP contribution is -1.97. The van der Waals surface area contributed by atoms with Gasteiger partial charge >= 0.3 is 0 Å². The van der Waals surface area contributed by atoms with Crippen LogP contribution in [0.1, 0.15) is 25.3 Å². The van der Waals surface area contributed by atoms with Gasteiger partial charge in [0.25, 0.3) is 0 Å². The van der Waals surface area contributed by atoms with Crippen LogP contribution in [0.2, 0.25) is 0 Å². The van der Waals surface area contributed by atoms with Crippen LogP contribution in [-0.4, -0.2) is 25.7 Å². The Morgan fingerprint density at radius 3 is 3.00 bits per heavy atom. The fourth-order valence-electron chi connectivity index (χ4n) is 0.493. The van der Waals surface area contributed by atoms with E-state index in [4.69, 9.17) is 5.11 Å². The molecular weight excluding hydrogens is 120 g/mol. The zero-order chi connectivity index (χ0) is 6.69. The van der Waals surface area contributed by atoms with Crippen molar-refractivity contribution in [2.24, 2.45) is 0 Å². The predicted molar refractivity (Wildman–Crippen MR) is 29.4 cm³/mol. The molecule has 0 aliphatic rings. The molecule has 1 aromatic heterocycles. The summed E-state index contributed by atoms with van der Waals surface area (Å²) in [4.78, 5) is 0. The Morgan fingerprint density at radius 1 is 1.78 bits per heavy atom. The van der Waals surface area contributed by atoms with Gasteiger partial charge in [0, 0.05) is 0 Å². The summed E-state index contributed by atoms with van der Waals surface area (Å²) in [5.41, 5.74) is 0. The summed E-state index contributed by atoms with van der Waals surface area (Å²) in [6, 6.07) is 0. The van der Waals surface area contributed by atoms with E-state index < -0.39 is 6.10 Å². The molecule has 0 radical (unpaired) electrons. The third-order valence-electron chi connectivity index (χ3n) is 1.05. The molecule has 0 bridgehead atoms. The van der Waals surface area contributed by atoms with Crippen molar-refractivity contribution in [2.75, 3.05) is 0 Å². The van der Waals surface area contributed by atoms with Crippen LogP contribution in [0.5, 0.6) is 0 Å². The number of tetrazole rings is 1. The molecule has 9 heavy (non-hydrogen) atoms. The highest BCUT2D eigenvalue weighted by atomic mass is 16.3. The lowest BCUT2D eigenvalue weighted by atomic mass is 10.3. The summed E-state index contributed by atoms with van der Waals surface area (Å²) in [5, 5.41) is 21.8. The van der Waals surface area contributed by atoms with Gasteiger partial charge in [-0.1, -0.05) is 12.1 Å². The van der Waals surface area contributed by atoms with E-state index in [2.05, 4.69) is 20.6 Å². The van der Waals surface area contributed by atoms with Gasteiger partial charge in [0.05, 0.1) is 0 Å². The Hall–Kier alpha value is -0.970. The summed E-state index contributed by atoms with van der Waals surface area (Å²) >= 11 is 0. The zero-order valence-corrected chi connectivity index (χ0v) is 5.07. The van der Waals surface area contributed by atoms with Gasteiger partial charge in [-0.25, -0.2) is 0 Å². The molecule has 1 rings (SSSR count). The zero-order valence-electron chi connectivity index (χ0n) is 5.07. The fourth-order valence-corrected chi connectivity index (χ4v) is 0.493. The first kappa shape index (κ1) is 6.15. The summed E-state index contributed by atoms with van der Waals surface area (Å²) in [6.07, 6.45) is 0.0308. The molecule has 50 valence electrons. The number of aromatic amines is 1. The van der Waals surface area contributed by atoms with E-state index in [0.29, 0.717) is 12.2 Å². The van der Waals surface area contributed by atoms with Crippen LogP contribution in [0.15, 0.2) is 0 Å². The first-order valence-corrected chi connectivity index (χ1v) is 2.76. The molecule has 0 saturated heterocycles. The highest BCUT2D eigenvalue weighted by Gasteiger charge is 2.07. The number of rotatable bonds is 2. The average molecular weight is 128 g/mol. The van der Waals surface area contributed by atoms with E-state index in [1.807, 2.05) is 6.92 Å². The average Bonchev–Trinajstić information content (AvgIpc) is 2.37. The van der Waals surface area contributed by atoms with Crippen molar-refractivity contribution in [3.05, 3.63) is 5.82 Å². The molecule has 1 atom stereocenters. The summed E-state index contributed by atoms with van der Waals surface area (Å²) in [6.45, 7) is 1.85. The minimum Gasteiger partial charge on any atom is -0.385 e. The quantitative estimate of drug-likeness (QED) is 0.570. The second-order valence-electron chi connectivity index (χ2n) is 1.69. The number of aromatic nitrogens is 4. The van der Waals surface area contributed by atoms with Crippen LogP contribution >= 0.6 is 0 Å². The maximum atomic E-state index is 9.03. The summed E-state index contributed by atoms with van der Waals surface area (Å²) in [7, 11) is 0. The topological polar surface area (TPSA) is 74.7 Å². The number of nitrogens with one attached hydrogen (secondary N) is 1. The van der Waals surface area contributed by atoms with Crippen LogP contribution in [0.4, 0.5) is 0 Å². The molecule has 5 nitrogen and oxygen atoms in total. The molecule has 0 spiro atoms. The van der Waals surface area contributed by atoms with Crippen LogP contribution in [-0.2, 0) is 0 Å². The van der Waals surface area contributed by atoms with Gasteiger partial charge in [0.1, 0.15) is 6.10 Å². The SMILES string of the molecule is CCC(O)c1nn[nH]n1. The lowest BCUT2D eigenvalue weighted by Gasteiger charge is -1.97. The molecule has 1 unspecified atom stereocenters. The van der Waals surface area contributed by atoms with Crippen molar-refractivity contribution >= 4 is 0 Å². The number of nitrogens with zero attached hydrogens (tertiary/aromatic N) is 3. The molecule has 0 amide bonds. The van der Waals surface area contributed by atoms with Gasteiger partial charge in [-0.05, 0) is 6.42 Å². The summed E-state index contributed by atoms with van der Waals surface area (Å²) in [5.74, 6) is 0.359.